The number of non-ortho nitro benzene ring substituents is 1. The summed E-state index contributed by atoms with van der Waals surface area (Å²) in [4.78, 5) is 51.8. The molecule has 4 atom stereocenters. The minimum atomic E-state index is -2.79. The van der Waals surface area contributed by atoms with Crippen molar-refractivity contribution in [1.82, 2.24) is 4.90 Å². The minimum absolute atomic E-state index is 0.115. The van der Waals surface area contributed by atoms with Gasteiger partial charge in [-0.15, -0.1) is 0 Å². The Balaban J connectivity index is 1.81. The molecule has 1 amide bonds. The second kappa shape index (κ2) is 9.14. The van der Waals surface area contributed by atoms with Gasteiger partial charge < -0.3 is 26.2 Å². The summed E-state index contributed by atoms with van der Waals surface area (Å²) < 4.78 is 0. The van der Waals surface area contributed by atoms with Gasteiger partial charge in [-0.25, -0.2) is 0 Å². The van der Waals surface area contributed by atoms with Gasteiger partial charge >= 0.3 is 0 Å². The third kappa shape index (κ3) is 3.64. The van der Waals surface area contributed by atoms with Crippen molar-refractivity contribution < 1.29 is 39.7 Å². The number of carbonyl (C=O) groups excluding carboxylic acids is 3. The highest BCUT2D eigenvalue weighted by atomic mass is 16.6. The molecule has 0 bridgehead atoms. The molecule has 0 radical (unpaired) electrons. The summed E-state index contributed by atoms with van der Waals surface area (Å²) in [6.07, 6.45) is 1.40. The van der Waals surface area contributed by atoms with E-state index in [4.69, 9.17) is 5.73 Å². The molecule has 206 valence electrons. The van der Waals surface area contributed by atoms with Gasteiger partial charge in [0, 0.05) is 29.5 Å². The second-order valence-corrected chi connectivity index (χ2v) is 10.3. The highest BCUT2D eigenvalue weighted by Crippen LogP contribution is 2.56. The lowest BCUT2D eigenvalue weighted by atomic mass is 9.56. The van der Waals surface area contributed by atoms with Crippen LogP contribution in [0.3, 0.4) is 0 Å². The average Bonchev–Trinajstić information content (AvgIpc) is 2.88. The number of hydrogen-bond donors (Lipinski definition) is 5. The molecule has 2 aromatic rings. The number of benzene rings is 2. The third-order valence-corrected chi connectivity index (χ3v) is 7.89. The Bertz CT molecular complexity index is 1620. The molecule has 0 unspecified atom stereocenters. The zero-order valence-electron chi connectivity index (χ0n) is 21.4. The molecular formula is C28H25N3O9. The van der Waals surface area contributed by atoms with Crippen LogP contribution in [-0.4, -0.2) is 73.5 Å². The number of rotatable bonds is 4. The monoisotopic (exact) mass is 547 g/mol. The number of amides is 1. The number of fused-ring (bicyclic) bond motifs is 3. The van der Waals surface area contributed by atoms with Crippen LogP contribution in [0.1, 0.15) is 23.1 Å². The van der Waals surface area contributed by atoms with Gasteiger partial charge in [-0.05, 0) is 43.3 Å². The van der Waals surface area contributed by atoms with E-state index in [1.807, 2.05) is 0 Å². The van der Waals surface area contributed by atoms with E-state index < -0.39 is 63.0 Å². The maximum atomic E-state index is 14.1. The van der Waals surface area contributed by atoms with E-state index >= 15 is 0 Å². The highest BCUT2D eigenvalue weighted by molar-refractivity contribution is 6.25. The largest absolute Gasteiger partial charge is 0.508 e. The van der Waals surface area contributed by atoms with Crippen LogP contribution < -0.4 is 5.73 Å². The molecule has 0 saturated heterocycles. The fourth-order valence-corrected chi connectivity index (χ4v) is 6.18. The number of nitrogens with zero attached hydrogens (tertiary/aromatic N) is 2. The van der Waals surface area contributed by atoms with Crippen LogP contribution in [-0.2, 0) is 14.4 Å². The van der Waals surface area contributed by atoms with Crippen LogP contribution in [0.25, 0.3) is 17.4 Å². The molecular weight excluding hydrogens is 522 g/mol. The molecule has 1 fully saturated rings. The van der Waals surface area contributed by atoms with E-state index in [-0.39, 0.29) is 29.0 Å². The highest BCUT2D eigenvalue weighted by Gasteiger charge is 2.64. The summed E-state index contributed by atoms with van der Waals surface area (Å²) >= 11 is 0. The normalized spacial score (nSPS) is 27.0. The van der Waals surface area contributed by atoms with Crippen LogP contribution in [0, 0.1) is 22.0 Å². The molecule has 12 nitrogen and oxygen atoms in total. The van der Waals surface area contributed by atoms with Gasteiger partial charge in [0.2, 0.25) is 5.78 Å². The van der Waals surface area contributed by atoms with Crippen molar-refractivity contribution in [3.8, 4) is 5.75 Å². The molecule has 1 saturated carbocycles. The van der Waals surface area contributed by atoms with Gasteiger partial charge in [0.25, 0.3) is 11.6 Å². The first-order valence-corrected chi connectivity index (χ1v) is 12.2. The van der Waals surface area contributed by atoms with Crippen LogP contribution in [0.4, 0.5) is 5.69 Å². The van der Waals surface area contributed by atoms with Gasteiger partial charge in [0.1, 0.15) is 22.8 Å². The minimum Gasteiger partial charge on any atom is -0.508 e. The number of aromatic hydroxyl groups is 1. The Hall–Kier alpha value is -4.81. The van der Waals surface area contributed by atoms with Crippen molar-refractivity contribution in [2.45, 2.75) is 18.1 Å². The first-order chi connectivity index (χ1) is 18.8. The summed E-state index contributed by atoms with van der Waals surface area (Å²) in [6.45, 7) is 0. The van der Waals surface area contributed by atoms with Crippen LogP contribution >= 0.6 is 0 Å². The molecule has 40 heavy (non-hydrogen) atoms. The molecule has 0 aliphatic heterocycles. The first kappa shape index (κ1) is 26.8. The van der Waals surface area contributed by atoms with Crippen LogP contribution in [0.2, 0.25) is 0 Å². The van der Waals surface area contributed by atoms with Crippen molar-refractivity contribution in [2.24, 2.45) is 17.6 Å². The quantitative estimate of drug-likeness (QED) is 0.213. The van der Waals surface area contributed by atoms with Crippen molar-refractivity contribution in [3.05, 3.63) is 86.2 Å². The molecule has 0 spiro atoms. The number of aliphatic hydroxyl groups is 3. The summed E-state index contributed by atoms with van der Waals surface area (Å²) in [5.74, 6) is -7.82. The van der Waals surface area contributed by atoms with Crippen molar-refractivity contribution in [3.63, 3.8) is 0 Å². The smallest absolute Gasteiger partial charge is 0.270 e. The number of nitrogens with two attached hydrogens (primary N) is 1. The first-order valence-electron chi connectivity index (χ1n) is 12.2. The van der Waals surface area contributed by atoms with E-state index in [0.29, 0.717) is 16.7 Å². The summed E-state index contributed by atoms with van der Waals surface area (Å²) in [6, 6.07) is 8.85. The van der Waals surface area contributed by atoms with Gasteiger partial charge in [0.15, 0.2) is 11.4 Å². The van der Waals surface area contributed by atoms with Crippen LogP contribution in [0.15, 0.2) is 59.4 Å². The van der Waals surface area contributed by atoms with E-state index in [0.717, 1.165) is 0 Å². The lowest BCUT2D eigenvalue weighted by Crippen LogP contribution is -2.65. The number of primary amides is 1. The summed E-state index contributed by atoms with van der Waals surface area (Å²) in [5.41, 5.74) is 2.09. The van der Waals surface area contributed by atoms with E-state index in [1.165, 1.54) is 49.3 Å². The number of nitro groups is 1. The number of likely N-dealkylation sites (N-methyl/N-ethyl adjacent to an activating group) is 1. The molecule has 6 N–H and O–H groups in total. The Labute approximate surface area is 227 Å². The van der Waals surface area contributed by atoms with Crippen LogP contribution in [0.5, 0.6) is 5.75 Å². The third-order valence-electron chi connectivity index (χ3n) is 7.89. The zero-order valence-corrected chi connectivity index (χ0v) is 21.4. The maximum absolute atomic E-state index is 14.1. The lowest BCUT2D eigenvalue weighted by molar-refractivity contribution is -0.384. The van der Waals surface area contributed by atoms with E-state index in [9.17, 15) is 44.9 Å². The molecule has 3 aliphatic rings. The fourth-order valence-electron chi connectivity index (χ4n) is 6.18. The molecule has 2 aromatic carbocycles. The van der Waals surface area contributed by atoms with Gasteiger partial charge in [-0.3, -0.25) is 29.4 Å². The SMILES string of the molecule is CN(C)[C@H]1C(=O)C(C(N)=O)=C(O)[C@]2(O)C(=O)C3=C(O)c4c(O)cccc4/C(=C\c4cccc([N+](=O)[O-])c4)[C@@H]3C[C@H]12. The number of allylic oxidation sites excluding steroid dienone is 1. The number of nitro benzene ring substituents is 1. The Morgan fingerprint density at radius 3 is 2.45 bits per heavy atom. The van der Waals surface area contributed by atoms with Gasteiger partial charge in [-0.1, -0.05) is 30.3 Å². The number of ketones is 2. The topological polar surface area (TPSA) is 205 Å². The average molecular weight is 548 g/mol. The lowest BCUT2D eigenvalue weighted by Gasteiger charge is -2.50. The molecule has 0 heterocycles. The van der Waals surface area contributed by atoms with E-state index in [2.05, 4.69) is 0 Å². The summed E-state index contributed by atoms with van der Waals surface area (Å²) in [5, 5.41) is 56.1. The summed E-state index contributed by atoms with van der Waals surface area (Å²) in [7, 11) is 3.01. The molecule has 12 heteroatoms. The molecule has 0 aromatic heterocycles. The maximum Gasteiger partial charge on any atom is 0.270 e. The Morgan fingerprint density at radius 2 is 1.82 bits per heavy atom. The Kier molecular flexibility index (Phi) is 6.12. The number of Topliss-reactive ketones (excluding diaryl/α,β-unsaturated/α-hetero) is 2. The van der Waals surface area contributed by atoms with Crippen molar-refractivity contribution in [1.29, 1.82) is 0 Å². The van der Waals surface area contributed by atoms with Gasteiger partial charge in [-0.2, -0.15) is 0 Å². The van der Waals surface area contributed by atoms with Crippen molar-refractivity contribution >= 4 is 40.6 Å². The number of phenolic OH excluding ortho intramolecular Hbond substituents is 1. The number of carbonyl (C=O) groups is 3. The predicted octanol–water partition coefficient (Wildman–Crippen LogP) is 1.87. The standard InChI is InChI=1S/C28H25N3O9/c1-30(2)22-17-11-16-15(10-12-5-3-6-13(9-12)31(39)40)14-7-4-8-18(32)19(14)23(33)20(16)25(35)28(17,38)26(36)21(24(22)34)27(29)37/h3-10,16-17,22,32-33,36,38H,11H2,1-2H3,(H2,29,37)/b15-10+/t16-,17+,22+,28+/m0/s1. The number of hydrogen-bond acceptors (Lipinski definition) is 10. The predicted molar refractivity (Wildman–Crippen MR) is 142 cm³/mol. The molecule has 5 rings (SSSR count). The molecule has 3 aliphatic carbocycles. The van der Waals surface area contributed by atoms with Crippen molar-refractivity contribution in [2.75, 3.05) is 14.1 Å². The van der Waals surface area contributed by atoms with E-state index in [1.54, 1.807) is 18.2 Å². The number of phenols is 1. The zero-order chi connectivity index (χ0) is 29.3. The Morgan fingerprint density at radius 1 is 1.15 bits per heavy atom. The number of aliphatic hydroxyl groups excluding tert-OH is 2. The second-order valence-electron chi connectivity index (χ2n) is 10.3. The fraction of sp³-hybridized carbons (Fsp3) is 0.250. The van der Waals surface area contributed by atoms with Gasteiger partial charge in [0.05, 0.1) is 16.5 Å².